The zero-order chi connectivity index (χ0) is 14.7. The largest absolute Gasteiger partial charge is 0.478 e. The van der Waals surface area contributed by atoms with E-state index in [1.54, 1.807) is 6.07 Å². The third-order valence-electron chi connectivity index (χ3n) is 2.87. The lowest BCUT2D eigenvalue weighted by Crippen LogP contribution is -2.07. The lowest BCUT2D eigenvalue weighted by molar-refractivity contribution is 0.0695. The van der Waals surface area contributed by atoms with Gasteiger partial charge in [-0.15, -0.1) is 0 Å². The van der Waals surface area contributed by atoms with Crippen LogP contribution in [0.3, 0.4) is 0 Å². The zero-order valence-electron chi connectivity index (χ0n) is 10.3. The van der Waals surface area contributed by atoms with Crippen molar-refractivity contribution in [2.45, 2.75) is 6.42 Å². The number of hydrogen-bond donors (Lipinski definition) is 2. The highest BCUT2D eigenvalue weighted by molar-refractivity contribution is 5.94. The highest BCUT2D eigenvalue weighted by Crippen LogP contribution is 2.17. The molecule has 0 saturated heterocycles. The van der Waals surface area contributed by atoms with Crippen molar-refractivity contribution in [2.24, 2.45) is 0 Å². The number of carbonyl (C=O) groups is 2. The fourth-order valence-corrected chi connectivity index (χ4v) is 1.93. The Morgan fingerprint density at radius 2 is 1.75 bits per heavy atom. The zero-order valence-corrected chi connectivity index (χ0v) is 10.3. The first kappa shape index (κ1) is 13.7. The van der Waals surface area contributed by atoms with Crippen LogP contribution in [0.1, 0.15) is 31.8 Å². The van der Waals surface area contributed by atoms with Crippen molar-refractivity contribution >= 4 is 11.9 Å². The summed E-state index contributed by atoms with van der Waals surface area (Å²) in [5.74, 6) is -2.80. The van der Waals surface area contributed by atoms with E-state index >= 15 is 0 Å². The molecule has 0 amide bonds. The maximum atomic E-state index is 13.1. The third-order valence-corrected chi connectivity index (χ3v) is 2.87. The van der Waals surface area contributed by atoms with Gasteiger partial charge in [0.25, 0.3) is 0 Å². The summed E-state index contributed by atoms with van der Waals surface area (Å²) in [4.78, 5) is 22.0. The molecule has 0 aromatic heterocycles. The predicted molar refractivity (Wildman–Crippen MR) is 69.6 cm³/mol. The van der Waals surface area contributed by atoms with E-state index < -0.39 is 17.8 Å². The quantitative estimate of drug-likeness (QED) is 0.899. The predicted octanol–water partition coefficient (Wildman–Crippen LogP) is 2.81. The molecule has 0 saturated carbocycles. The fourth-order valence-electron chi connectivity index (χ4n) is 1.93. The summed E-state index contributed by atoms with van der Waals surface area (Å²) >= 11 is 0. The molecule has 0 aliphatic carbocycles. The maximum Gasteiger partial charge on any atom is 0.336 e. The summed E-state index contributed by atoms with van der Waals surface area (Å²) in [5.41, 5.74) is 0.878. The van der Waals surface area contributed by atoms with Crippen molar-refractivity contribution < 1.29 is 24.2 Å². The van der Waals surface area contributed by atoms with Crippen molar-refractivity contribution in [1.82, 2.24) is 0 Å². The van der Waals surface area contributed by atoms with E-state index in [1.165, 1.54) is 30.3 Å². The van der Waals surface area contributed by atoms with Crippen LogP contribution in [0.15, 0.2) is 42.5 Å². The Morgan fingerprint density at radius 3 is 2.35 bits per heavy atom. The molecule has 5 heteroatoms. The Balaban J connectivity index is 2.41. The van der Waals surface area contributed by atoms with Crippen LogP contribution >= 0.6 is 0 Å². The average molecular weight is 274 g/mol. The molecule has 0 aliphatic heterocycles. The van der Waals surface area contributed by atoms with Gasteiger partial charge in [-0.2, -0.15) is 0 Å². The van der Waals surface area contributed by atoms with Gasteiger partial charge in [-0.05, 0) is 41.8 Å². The number of carboxylic acid groups (broad SMARTS) is 2. The first-order valence-corrected chi connectivity index (χ1v) is 5.81. The van der Waals surface area contributed by atoms with Crippen LogP contribution in [-0.4, -0.2) is 22.2 Å². The minimum Gasteiger partial charge on any atom is -0.478 e. The first-order chi connectivity index (χ1) is 9.47. The van der Waals surface area contributed by atoms with Crippen LogP contribution in [-0.2, 0) is 6.42 Å². The minimum absolute atomic E-state index is 0.0887. The lowest BCUT2D eigenvalue weighted by atomic mass is 9.97. The Hall–Kier alpha value is -2.69. The van der Waals surface area contributed by atoms with E-state index in [0.29, 0.717) is 11.1 Å². The van der Waals surface area contributed by atoms with Gasteiger partial charge in [0.2, 0.25) is 0 Å². The number of benzene rings is 2. The molecule has 0 fully saturated rings. The molecule has 0 radical (unpaired) electrons. The molecule has 0 bridgehead atoms. The minimum atomic E-state index is -1.21. The molecule has 20 heavy (non-hydrogen) atoms. The average Bonchev–Trinajstić information content (AvgIpc) is 2.38. The van der Waals surface area contributed by atoms with Gasteiger partial charge in [0.05, 0.1) is 11.1 Å². The molecule has 0 unspecified atom stereocenters. The van der Waals surface area contributed by atoms with Crippen molar-refractivity contribution in [1.29, 1.82) is 0 Å². The van der Waals surface area contributed by atoms with Gasteiger partial charge in [0.15, 0.2) is 0 Å². The molecular formula is C15H11FO4. The van der Waals surface area contributed by atoms with E-state index in [4.69, 9.17) is 10.2 Å². The Bertz CT molecular complexity index is 679. The second kappa shape index (κ2) is 5.52. The maximum absolute atomic E-state index is 13.1. The summed E-state index contributed by atoms with van der Waals surface area (Å²) in [6, 6.07) is 9.73. The lowest BCUT2D eigenvalue weighted by Gasteiger charge is -2.07. The van der Waals surface area contributed by atoms with Crippen molar-refractivity contribution in [3.8, 4) is 0 Å². The molecule has 2 aromatic rings. The van der Waals surface area contributed by atoms with Gasteiger partial charge in [0, 0.05) is 0 Å². The summed E-state index contributed by atoms with van der Waals surface area (Å²) in [7, 11) is 0. The molecule has 0 aliphatic rings. The van der Waals surface area contributed by atoms with Crippen molar-refractivity contribution in [3.63, 3.8) is 0 Å². The molecular weight excluding hydrogens is 263 g/mol. The normalized spacial score (nSPS) is 10.2. The molecule has 4 nitrogen and oxygen atoms in total. The van der Waals surface area contributed by atoms with Crippen LogP contribution in [0.5, 0.6) is 0 Å². The SMILES string of the molecule is O=C(O)c1ccc(Cc2cccc(F)c2)c(C(=O)O)c1. The van der Waals surface area contributed by atoms with Gasteiger partial charge < -0.3 is 10.2 Å². The van der Waals surface area contributed by atoms with E-state index in [0.717, 1.165) is 6.07 Å². The fraction of sp³-hybridized carbons (Fsp3) is 0.0667. The van der Waals surface area contributed by atoms with Crippen LogP contribution in [0.4, 0.5) is 4.39 Å². The Kier molecular flexibility index (Phi) is 3.79. The van der Waals surface area contributed by atoms with Crippen LogP contribution < -0.4 is 0 Å². The third kappa shape index (κ3) is 3.00. The number of aromatic carboxylic acids is 2. The number of carboxylic acids is 2. The summed E-state index contributed by atoms with van der Waals surface area (Å²) < 4.78 is 13.1. The molecule has 2 N–H and O–H groups in total. The monoisotopic (exact) mass is 274 g/mol. The molecule has 0 heterocycles. The summed E-state index contributed by atoms with van der Waals surface area (Å²) in [6.45, 7) is 0. The van der Waals surface area contributed by atoms with E-state index in [2.05, 4.69) is 0 Å². The highest BCUT2D eigenvalue weighted by atomic mass is 19.1. The number of halogens is 1. The van der Waals surface area contributed by atoms with E-state index in [9.17, 15) is 14.0 Å². The van der Waals surface area contributed by atoms with E-state index in [-0.39, 0.29) is 17.5 Å². The smallest absolute Gasteiger partial charge is 0.336 e. The number of rotatable bonds is 4. The summed E-state index contributed by atoms with van der Waals surface area (Å²) in [5, 5.41) is 18.0. The molecule has 2 rings (SSSR count). The Labute approximate surface area is 114 Å². The van der Waals surface area contributed by atoms with Crippen molar-refractivity contribution in [2.75, 3.05) is 0 Å². The molecule has 0 spiro atoms. The standard InChI is InChI=1S/C15H11FO4/c16-12-3-1-2-9(7-12)6-10-4-5-11(14(17)18)8-13(10)15(19)20/h1-5,7-8H,6H2,(H,17,18)(H,19,20). The van der Waals surface area contributed by atoms with Crippen LogP contribution in [0.25, 0.3) is 0 Å². The first-order valence-electron chi connectivity index (χ1n) is 5.81. The highest BCUT2D eigenvalue weighted by Gasteiger charge is 2.14. The van der Waals surface area contributed by atoms with Crippen LogP contribution in [0.2, 0.25) is 0 Å². The van der Waals surface area contributed by atoms with Gasteiger partial charge in [-0.25, -0.2) is 14.0 Å². The molecule has 2 aromatic carbocycles. The second-order valence-corrected chi connectivity index (χ2v) is 4.29. The van der Waals surface area contributed by atoms with Crippen molar-refractivity contribution in [3.05, 3.63) is 70.5 Å². The van der Waals surface area contributed by atoms with Gasteiger partial charge >= 0.3 is 11.9 Å². The van der Waals surface area contributed by atoms with Gasteiger partial charge in [0.1, 0.15) is 5.82 Å². The van der Waals surface area contributed by atoms with Gasteiger partial charge in [-0.1, -0.05) is 18.2 Å². The molecule has 0 atom stereocenters. The summed E-state index contributed by atoms with van der Waals surface area (Å²) in [6.07, 6.45) is 0.222. The topological polar surface area (TPSA) is 74.6 Å². The number of hydrogen-bond acceptors (Lipinski definition) is 2. The van der Waals surface area contributed by atoms with Crippen LogP contribution in [0, 0.1) is 5.82 Å². The molecule has 102 valence electrons. The Morgan fingerprint density at radius 1 is 1.00 bits per heavy atom. The second-order valence-electron chi connectivity index (χ2n) is 4.29. The van der Waals surface area contributed by atoms with E-state index in [1.807, 2.05) is 0 Å². The van der Waals surface area contributed by atoms with Gasteiger partial charge in [-0.3, -0.25) is 0 Å².